The van der Waals surface area contributed by atoms with Gasteiger partial charge in [0.15, 0.2) is 0 Å². The molecule has 3 aliphatic rings. The van der Waals surface area contributed by atoms with Crippen molar-refractivity contribution in [3.05, 3.63) is 315 Å². The van der Waals surface area contributed by atoms with E-state index in [1.807, 2.05) is 198 Å². The molecule has 11 aromatic carbocycles. The van der Waals surface area contributed by atoms with Crippen molar-refractivity contribution in [2.75, 3.05) is 64.6 Å². The van der Waals surface area contributed by atoms with E-state index in [9.17, 15) is 28.8 Å². The van der Waals surface area contributed by atoms with Gasteiger partial charge >= 0.3 is 0 Å². The van der Waals surface area contributed by atoms with E-state index in [1.54, 1.807) is 0 Å². The van der Waals surface area contributed by atoms with Gasteiger partial charge in [0.05, 0.1) is 18.1 Å². The number of para-hydroxylation sites is 1. The first kappa shape index (κ1) is 87.6. The lowest BCUT2D eigenvalue weighted by Crippen LogP contribution is -2.50. The van der Waals surface area contributed by atoms with Gasteiger partial charge in [0, 0.05) is 127 Å². The Balaban J connectivity index is 0.000000165. The summed E-state index contributed by atoms with van der Waals surface area (Å²) in [4.78, 5) is 86.7. The van der Waals surface area contributed by atoms with Crippen LogP contribution in [0, 0.1) is 5.92 Å². The van der Waals surface area contributed by atoms with Crippen LogP contribution in [0.15, 0.2) is 261 Å². The van der Waals surface area contributed by atoms with E-state index in [1.165, 1.54) is 22.3 Å². The summed E-state index contributed by atoms with van der Waals surface area (Å²) in [6.07, 6.45) is 9.37. The highest BCUT2D eigenvalue weighted by Gasteiger charge is 2.36. The number of nitrogen functional groups attached to an aromatic ring is 1. The molecule has 0 bridgehead atoms. The largest absolute Gasteiger partial charge is 0.399 e. The van der Waals surface area contributed by atoms with Crippen LogP contribution in [0.2, 0.25) is 10.0 Å². The maximum atomic E-state index is 14.2. The van der Waals surface area contributed by atoms with Crippen molar-refractivity contribution in [1.82, 2.24) is 46.6 Å². The number of anilines is 1. The molecule has 18 heteroatoms. The SMILES string of the molecule is CCCC[C@@H]1N[C@H](CNC(=O)c2ccc3cc(Cl)ccc3c2)CCN(C[C@@H](CC)c2ccccc2)C1=O.CC[C@H](CN1CC[C@@H](CNC(=O)c2ccc3cc(Cl)ccc3c2)N[C@@H](CCC(C)C)C1=O)c1ccccc1.Nc1ccccc1C[C@@H]1N[C@H](CNC(=O)c2ccc3ccccc3c2)CCN(CC(c2ccccc2)c2ccccc2)C1=O. The minimum Gasteiger partial charge on any atom is -0.399 e. The molecule has 14 rings (SSSR count). The average molecular weight is 1640 g/mol. The Kier molecular flexibility index (Phi) is 32.3. The van der Waals surface area contributed by atoms with Crippen molar-refractivity contribution in [3.63, 3.8) is 0 Å². The number of halogens is 2. The van der Waals surface area contributed by atoms with Crippen molar-refractivity contribution in [2.24, 2.45) is 5.92 Å². The smallest absolute Gasteiger partial charge is 0.251 e. The molecule has 3 fully saturated rings. The van der Waals surface area contributed by atoms with E-state index in [2.05, 4.69) is 144 Å². The number of fused-ring (bicyclic) bond motifs is 3. The number of nitrogens with two attached hydrogens (primary N) is 1. The van der Waals surface area contributed by atoms with Crippen LogP contribution < -0.4 is 37.6 Å². The van der Waals surface area contributed by atoms with Crippen molar-refractivity contribution < 1.29 is 28.8 Å². The lowest BCUT2D eigenvalue weighted by Gasteiger charge is -2.29. The van der Waals surface area contributed by atoms with Gasteiger partial charge in [-0.2, -0.15) is 0 Å². The van der Waals surface area contributed by atoms with E-state index in [0.29, 0.717) is 109 Å². The highest BCUT2D eigenvalue weighted by atomic mass is 35.5. The normalized spacial score (nSPS) is 18.3. The van der Waals surface area contributed by atoms with Gasteiger partial charge in [-0.3, -0.25) is 28.8 Å². The van der Waals surface area contributed by atoms with E-state index in [4.69, 9.17) is 28.9 Å². The maximum Gasteiger partial charge on any atom is 0.251 e. The van der Waals surface area contributed by atoms with Gasteiger partial charge < -0.3 is 52.3 Å². The van der Waals surface area contributed by atoms with Crippen molar-refractivity contribution in [2.45, 2.75) is 159 Å². The van der Waals surface area contributed by atoms with Crippen LogP contribution in [-0.2, 0) is 20.8 Å². The molecule has 6 amide bonds. The molecule has 16 nitrogen and oxygen atoms in total. The lowest BCUT2D eigenvalue weighted by atomic mass is 9.90. The molecule has 3 aliphatic heterocycles. The molecule has 0 aliphatic carbocycles. The number of carbonyl (C=O) groups excluding carboxylic acids is 6. The Morgan fingerprint density at radius 1 is 0.412 bits per heavy atom. The van der Waals surface area contributed by atoms with Crippen molar-refractivity contribution in [3.8, 4) is 0 Å². The molecule has 3 saturated heterocycles. The molecule has 3 heterocycles. The van der Waals surface area contributed by atoms with Crippen LogP contribution in [0.25, 0.3) is 32.3 Å². The predicted octanol–water partition coefficient (Wildman–Crippen LogP) is 18.4. The van der Waals surface area contributed by atoms with Crippen molar-refractivity contribution >= 4 is 96.6 Å². The van der Waals surface area contributed by atoms with Gasteiger partial charge in [-0.1, -0.05) is 265 Å². The van der Waals surface area contributed by atoms with E-state index in [-0.39, 0.29) is 71.6 Å². The number of nitrogens with zero attached hydrogens (tertiary/aromatic N) is 3. The van der Waals surface area contributed by atoms with Gasteiger partial charge in [0.25, 0.3) is 17.7 Å². The first-order valence-electron chi connectivity index (χ1n) is 42.8. The fourth-order valence-corrected chi connectivity index (χ4v) is 17.0. The summed E-state index contributed by atoms with van der Waals surface area (Å²) in [6.45, 7) is 16.2. The second-order valence-corrected chi connectivity index (χ2v) is 33.4. The number of rotatable bonds is 29. The molecule has 0 aromatic heterocycles. The van der Waals surface area contributed by atoms with Crippen LogP contribution >= 0.6 is 23.2 Å². The molecular weight excluding hydrogens is 1520 g/mol. The molecule has 8 N–H and O–H groups in total. The highest BCUT2D eigenvalue weighted by molar-refractivity contribution is 6.31. The standard InChI is InChI=1S/C38H38N4O2.C32H40ClN3O2.C31H38ClN3O2/c39-35-18-10-9-17-31(35)24-36-38(44)42(26-34(28-12-3-1-4-13-28)29-14-5-2-6-15-29)22-21-33(41-36)25-40-37(43)32-20-19-27-11-7-8-16-30(27)23-32;1-4-23(24-8-6-5-7-9-24)21-36-17-16-29(35-30(32(36)38)15-10-22(2)3)20-34-31(37)27-12-11-26-19-28(33)14-13-25(26)18-27;1-3-5-11-29-31(37)35(21-22(4-2)23-9-7-6-8-10-23)17-16-28(34-29)20-33-30(36)26-13-12-25-19-27(32)15-14-24(25)18-26/h1-20,23,33-34,36,41H,21-22,24-26,39H2,(H,40,43);5-9,11-14,18-19,22-23,29-30,35H,4,10,15-17,20-21H2,1-3H3,(H,34,37);6-10,12-15,18-19,22,28-29,34H,3-5,11,16-17,20-21H2,1-2H3,(H,33,36)/t33-,36-;23-,29+,30+;22-,28+,29+/m011/s1. The zero-order valence-electron chi connectivity index (χ0n) is 69.4. The van der Waals surface area contributed by atoms with Crippen molar-refractivity contribution in [1.29, 1.82) is 0 Å². The third-order valence-electron chi connectivity index (χ3n) is 23.6. The van der Waals surface area contributed by atoms with E-state index in [0.717, 1.165) is 109 Å². The summed E-state index contributed by atoms with van der Waals surface area (Å²) < 4.78 is 0. The number of unbranched alkanes of at least 4 members (excludes halogenated alkanes) is 1. The first-order valence-corrected chi connectivity index (χ1v) is 43.5. The molecule has 11 aromatic rings. The van der Waals surface area contributed by atoms with Crippen LogP contribution in [0.1, 0.15) is 175 Å². The third-order valence-corrected chi connectivity index (χ3v) is 24.1. The predicted molar refractivity (Wildman–Crippen MR) is 486 cm³/mol. The molecule has 119 heavy (non-hydrogen) atoms. The number of nitrogens with one attached hydrogen (secondary N) is 6. The monoisotopic (exact) mass is 1630 g/mol. The van der Waals surface area contributed by atoms with Crippen LogP contribution in [0.5, 0.6) is 0 Å². The summed E-state index contributed by atoms with van der Waals surface area (Å²) in [5.74, 6) is 1.27. The van der Waals surface area contributed by atoms with Gasteiger partial charge in [0.1, 0.15) is 0 Å². The first-order chi connectivity index (χ1) is 57.9. The van der Waals surface area contributed by atoms with Crippen LogP contribution in [-0.4, -0.2) is 145 Å². The number of benzene rings is 11. The topological polar surface area (TPSA) is 210 Å². The summed E-state index contributed by atoms with van der Waals surface area (Å²) in [5, 5.41) is 27.6. The number of hydrogen-bond acceptors (Lipinski definition) is 10. The lowest BCUT2D eigenvalue weighted by molar-refractivity contribution is -0.134. The number of carbonyl (C=O) groups is 6. The quantitative estimate of drug-likeness (QED) is 0.0221. The molecule has 620 valence electrons. The molecule has 0 saturated carbocycles. The Hall–Kier alpha value is -10.7. The Labute approximate surface area is 712 Å². The fraction of sp³-hybridized carbons (Fsp3) is 0.347. The second-order valence-electron chi connectivity index (χ2n) is 32.5. The molecule has 8 atom stereocenters. The molecular formula is C101H116Cl2N10O6. The summed E-state index contributed by atoms with van der Waals surface area (Å²) in [5.41, 5.74) is 14.7. The summed E-state index contributed by atoms with van der Waals surface area (Å²) in [7, 11) is 0. The summed E-state index contributed by atoms with van der Waals surface area (Å²) in [6, 6.07) is 84.9. The second kappa shape index (κ2) is 43.8. The zero-order valence-corrected chi connectivity index (χ0v) is 70.9. The summed E-state index contributed by atoms with van der Waals surface area (Å²) >= 11 is 12.2. The Morgan fingerprint density at radius 3 is 1.19 bits per heavy atom. The minimum atomic E-state index is -0.475. The van der Waals surface area contributed by atoms with E-state index < -0.39 is 6.04 Å². The average Bonchev–Trinajstić information content (AvgIpc) is 1.25. The van der Waals surface area contributed by atoms with Gasteiger partial charge in [-0.15, -0.1) is 0 Å². The number of amides is 6. The van der Waals surface area contributed by atoms with E-state index >= 15 is 0 Å². The van der Waals surface area contributed by atoms with Gasteiger partial charge in [-0.25, -0.2) is 0 Å². The zero-order chi connectivity index (χ0) is 83.6. The highest BCUT2D eigenvalue weighted by Crippen LogP contribution is 2.31. The van der Waals surface area contributed by atoms with Gasteiger partial charge in [0.2, 0.25) is 17.7 Å². The molecule has 0 spiro atoms. The Morgan fingerprint density at radius 2 is 0.765 bits per heavy atom. The molecule has 0 unspecified atom stereocenters. The maximum absolute atomic E-state index is 14.2. The van der Waals surface area contributed by atoms with Crippen LogP contribution in [0.3, 0.4) is 0 Å². The molecule has 0 radical (unpaired) electrons. The Bertz CT molecular complexity index is 5120. The number of hydrogen-bond donors (Lipinski definition) is 7. The fourth-order valence-electron chi connectivity index (χ4n) is 16.6. The minimum absolute atomic E-state index is 0.0288. The van der Waals surface area contributed by atoms with Crippen LogP contribution in [0.4, 0.5) is 5.69 Å². The van der Waals surface area contributed by atoms with Gasteiger partial charge in [-0.05, 0) is 191 Å². The third kappa shape index (κ3) is 24.7.